The van der Waals surface area contributed by atoms with Crippen molar-refractivity contribution in [3.05, 3.63) is 105 Å². The van der Waals surface area contributed by atoms with E-state index in [0.29, 0.717) is 48.3 Å². The molecule has 0 radical (unpaired) electrons. The number of halogens is 1. The molecule has 1 aromatic heterocycles. The maximum Gasteiger partial charge on any atom is 0.142 e. The molecular weight excluding hydrogens is 636 g/mol. The summed E-state index contributed by atoms with van der Waals surface area (Å²) in [7, 11) is 1.99. The summed E-state index contributed by atoms with van der Waals surface area (Å²) in [6, 6.07) is 20.2. The maximum absolute atomic E-state index is 9.30. The second kappa shape index (κ2) is 18.0. The molecule has 0 aliphatic carbocycles. The molecule has 3 aromatic carbocycles. The summed E-state index contributed by atoms with van der Waals surface area (Å²) >= 11 is 6.80. The average molecular weight is 683 g/mol. The minimum atomic E-state index is 0.127. The number of ether oxygens (including phenoxy) is 3. The van der Waals surface area contributed by atoms with Gasteiger partial charge < -0.3 is 29.1 Å². The molecule has 5 rings (SSSR count). The topological polar surface area (TPSA) is 91.1 Å². The normalized spacial score (nSPS) is 13.1. The first-order valence-electron chi connectivity index (χ1n) is 17.1. The monoisotopic (exact) mass is 682 g/mol. The molecule has 0 unspecified atom stereocenters. The van der Waals surface area contributed by atoms with Crippen LogP contribution in [0.1, 0.15) is 59.1 Å². The lowest BCUT2D eigenvalue weighted by Gasteiger charge is -2.21. The molecule has 4 aromatic rings. The van der Waals surface area contributed by atoms with Crippen molar-refractivity contribution in [1.29, 1.82) is 5.26 Å². The molecule has 1 saturated heterocycles. The van der Waals surface area contributed by atoms with Crippen molar-refractivity contribution in [3.63, 3.8) is 0 Å². The molecule has 1 aliphatic heterocycles. The maximum atomic E-state index is 9.30. The van der Waals surface area contributed by atoms with Crippen molar-refractivity contribution < 1.29 is 19.3 Å². The third-order valence-corrected chi connectivity index (χ3v) is 9.35. The van der Waals surface area contributed by atoms with Gasteiger partial charge in [-0.3, -0.25) is 4.98 Å². The zero-order chi connectivity index (χ0) is 34.6. The van der Waals surface area contributed by atoms with Crippen LogP contribution in [0.3, 0.4) is 0 Å². The van der Waals surface area contributed by atoms with E-state index in [2.05, 4.69) is 71.1 Å². The molecule has 1 N–H and O–H groups in total. The standard InChI is InChI=1S/C40H47ClN4O4/c1-29-33(10-6-11-35(29)36-12-7-13-38(30(36)2)47-19-9-17-45-15-4-5-16-45)28-49-40-22-39(48-27-32-20-31(23-42)24-43-25-32)34(21-37(40)41)26-44(3)14-8-18-46/h6-7,10-13,20-22,24-25,46H,4-5,8-9,14-19,26-28H2,1-3H3. The van der Waals surface area contributed by atoms with Crippen molar-refractivity contribution in [3.8, 4) is 34.4 Å². The Hall–Kier alpha value is -4.13. The van der Waals surface area contributed by atoms with Gasteiger partial charge in [0.15, 0.2) is 0 Å². The van der Waals surface area contributed by atoms with Crippen LogP contribution in [0.4, 0.5) is 0 Å². The summed E-state index contributed by atoms with van der Waals surface area (Å²) < 4.78 is 18.9. The summed E-state index contributed by atoms with van der Waals surface area (Å²) in [4.78, 5) is 8.79. The van der Waals surface area contributed by atoms with Gasteiger partial charge in [0.1, 0.15) is 36.5 Å². The Balaban J connectivity index is 1.31. The minimum absolute atomic E-state index is 0.127. The van der Waals surface area contributed by atoms with Crippen LogP contribution in [0.5, 0.6) is 17.2 Å². The van der Waals surface area contributed by atoms with Gasteiger partial charge in [0.2, 0.25) is 0 Å². The molecule has 0 bridgehead atoms. The lowest BCUT2D eigenvalue weighted by atomic mass is 9.93. The zero-order valence-electron chi connectivity index (χ0n) is 28.9. The summed E-state index contributed by atoms with van der Waals surface area (Å²) in [5.74, 6) is 2.08. The predicted octanol–water partition coefficient (Wildman–Crippen LogP) is 7.73. The molecule has 0 saturated carbocycles. The number of pyridine rings is 1. The number of benzene rings is 3. The highest BCUT2D eigenvalue weighted by molar-refractivity contribution is 6.32. The van der Waals surface area contributed by atoms with Crippen LogP contribution in [-0.4, -0.2) is 66.3 Å². The third kappa shape index (κ3) is 9.96. The summed E-state index contributed by atoms with van der Waals surface area (Å²) in [5.41, 5.74) is 7.77. The third-order valence-electron chi connectivity index (χ3n) is 9.05. The van der Waals surface area contributed by atoms with Gasteiger partial charge >= 0.3 is 0 Å². The number of hydrogen-bond donors (Lipinski definition) is 1. The second-order valence-corrected chi connectivity index (χ2v) is 13.2. The fourth-order valence-corrected chi connectivity index (χ4v) is 6.51. The largest absolute Gasteiger partial charge is 0.493 e. The van der Waals surface area contributed by atoms with Crippen LogP contribution in [0.2, 0.25) is 5.02 Å². The molecule has 0 amide bonds. The van der Waals surface area contributed by atoms with Gasteiger partial charge in [-0.1, -0.05) is 41.9 Å². The fraction of sp³-hybridized carbons (Fsp3) is 0.400. The van der Waals surface area contributed by atoms with Crippen LogP contribution in [0.15, 0.2) is 67.0 Å². The Bertz CT molecular complexity index is 1730. The van der Waals surface area contributed by atoms with Crippen molar-refractivity contribution in [2.24, 2.45) is 0 Å². The van der Waals surface area contributed by atoms with E-state index in [0.717, 1.165) is 64.2 Å². The molecule has 2 heterocycles. The second-order valence-electron chi connectivity index (χ2n) is 12.7. The number of aromatic nitrogens is 1. The SMILES string of the molecule is Cc1c(COc2cc(OCc3cncc(C#N)c3)c(CN(C)CCCO)cc2Cl)cccc1-c1cccc(OCCCN2CCCC2)c1C. The lowest BCUT2D eigenvalue weighted by molar-refractivity contribution is 0.239. The molecule has 0 spiro atoms. The minimum Gasteiger partial charge on any atom is -0.493 e. The molecule has 258 valence electrons. The van der Waals surface area contributed by atoms with E-state index in [1.165, 1.54) is 32.1 Å². The van der Waals surface area contributed by atoms with E-state index in [9.17, 15) is 10.4 Å². The van der Waals surface area contributed by atoms with E-state index in [1.807, 2.05) is 19.2 Å². The van der Waals surface area contributed by atoms with E-state index >= 15 is 0 Å². The van der Waals surface area contributed by atoms with Gasteiger partial charge in [-0.2, -0.15) is 5.26 Å². The summed E-state index contributed by atoms with van der Waals surface area (Å²) in [6.07, 6.45) is 7.53. The quantitative estimate of drug-likeness (QED) is 0.113. The molecule has 1 fully saturated rings. The predicted molar refractivity (Wildman–Crippen MR) is 194 cm³/mol. The van der Waals surface area contributed by atoms with Gasteiger partial charge in [0.05, 0.1) is 17.2 Å². The number of likely N-dealkylation sites (tertiary alicyclic amines) is 1. The summed E-state index contributed by atoms with van der Waals surface area (Å²) in [5, 5.41) is 19.1. The number of aliphatic hydroxyl groups excluding tert-OH is 1. The van der Waals surface area contributed by atoms with Gasteiger partial charge in [0, 0.05) is 55.8 Å². The van der Waals surface area contributed by atoms with Gasteiger partial charge in [-0.05, 0) is 106 Å². The Morgan fingerprint density at radius 3 is 2.41 bits per heavy atom. The average Bonchev–Trinajstić information content (AvgIpc) is 3.63. The number of hydrogen-bond acceptors (Lipinski definition) is 8. The Kier molecular flexibility index (Phi) is 13.3. The molecule has 0 atom stereocenters. The van der Waals surface area contributed by atoms with Crippen LogP contribution in [0.25, 0.3) is 11.1 Å². The number of rotatable bonds is 17. The number of nitrogens with zero attached hydrogens (tertiary/aromatic N) is 4. The fourth-order valence-electron chi connectivity index (χ4n) is 6.27. The van der Waals surface area contributed by atoms with Crippen LogP contribution in [-0.2, 0) is 19.8 Å². The van der Waals surface area contributed by atoms with Crippen molar-refractivity contribution in [1.82, 2.24) is 14.8 Å². The molecule has 9 heteroatoms. The van der Waals surface area contributed by atoms with Crippen molar-refractivity contribution >= 4 is 11.6 Å². The first-order valence-corrected chi connectivity index (χ1v) is 17.5. The Labute approximate surface area is 295 Å². The van der Waals surface area contributed by atoms with Crippen LogP contribution >= 0.6 is 11.6 Å². The van der Waals surface area contributed by atoms with E-state index in [1.54, 1.807) is 12.3 Å². The number of aliphatic hydroxyl groups is 1. The van der Waals surface area contributed by atoms with Crippen LogP contribution < -0.4 is 14.2 Å². The summed E-state index contributed by atoms with van der Waals surface area (Å²) in [6.45, 7) is 10.5. The zero-order valence-corrected chi connectivity index (χ0v) is 29.6. The van der Waals surface area contributed by atoms with Gasteiger partial charge in [-0.25, -0.2) is 0 Å². The number of nitriles is 1. The highest BCUT2D eigenvalue weighted by Gasteiger charge is 2.17. The molecule has 49 heavy (non-hydrogen) atoms. The van der Waals surface area contributed by atoms with E-state index in [-0.39, 0.29) is 13.2 Å². The molecular formula is C40H47ClN4O4. The first-order chi connectivity index (χ1) is 23.9. The first kappa shape index (κ1) is 36.2. The molecule has 8 nitrogen and oxygen atoms in total. The highest BCUT2D eigenvalue weighted by Crippen LogP contribution is 2.36. The lowest BCUT2D eigenvalue weighted by Crippen LogP contribution is -2.22. The van der Waals surface area contributed by atoms with Crippen LogP contribution in [0, 0.1) is 25.2 Å². The van der Waals surface area contributed by atoms with E-state index in [4.69, 9.17) is 25.8 Å². The Morgan fingerprint density at radius 2 is 1.63 bits per heavy atom. The highest BCUT2D eigenvalue weighted by atomic mass is 35.5. The van der Waals surface area contributed by atoms with E-state index < -0.39 is 0 Å². The van der Waals surface area contributed by atoms with Gasteiger partial charge in [-0.15, -0.1) is 0 Å². The van der Waals surface area contributed by atoms with Gasteiger partial charge in [0.25, 0.3) is 0 Å². The Morgan fingerprint density at radius 1 is 0.878 bits per heavy atom. The van der Waals surface area contributed by atoms with Crippen molar-refractivity contribution in [2.45, 2.75) is 59.3 Å². The van der Waals surface area contributed by atoms with Crippen molar-refractivity contribution in [2.75, 3.05) is 46.4 Å². The smallest absolute Gasteiger partial charge is 0.142 e. The molecule has 1 aliphatic rings.